The number of rotatable bonds is 1. The summed E-state index contributed by atoms with van der Waals surface area (Å²) in [5.41, 5.74) is 0. The normalized spacial score (nSPS) is 7.50. The van der Waals surface area contributed by atoms with E-state index in [2.05, 4.69) is 0 Å². The Morgan fingerprint density at radius 3 is 1.67 bits per heavy atom. The van der Waals surface area contributed by atoms with Gasteiger partial charge in [0.25, 0.3) is 0 Å². The summed E-state index contributed by atoms with van der Waals surface area (Å²) in [5, 5.41) is 0. The van der Waals surface area contributed by atoms with E-state index in [1.807, 2.05) is 0 Å². The zero-order valence-corrected chi connectivity index (χ0v) is 7.39. The molecule has 4 heteroatoms. The van der Waals surface area contributed by atoms with Crippen LogP contribution in [0.3, 0.4) is 0 Å². The summed E-state index contributed by atoms with van der Waals surface area (Å²) >= 11 is -4.04. The van der Waals surface area contributed by atoms with Gasteiger partial charge in [-0.2, -0.15) is 0 Å². The van der Waals surface area contributed by atoms with Crippen LogP contribution in [0.4, 0.5) is 0 Å². The predicted octanol–water partition coefficient (Wildman–Crippen LogP) is -0.155. The molecule has 33 valence electrons. The van der Waals surface area contributed by atoms with Gasteiger partial charge >= 0.3 is 45.1 Å². The van der Waals surface area contributed by atoms with Crippen molar-refractivity contribution in [2.24, 2.45) is 0 Å². The minimum absolute atomic E-state index is 0.629. The van der Waals surface area contributed by atoms with Crippen molar-refractivity contribution in [1.82, 2.24) is 0 Å². The van der Waals surface area contributed by atoms with Crippen LogP contribution in [0.2, 0.25) is 0 Å². The maximum absolute atomic E-state index is 9.62. The fourth-order valence-corrected chi connectivity index (χ4v) is 0. The monoisotopic (exact) mass is 313 g/mol. The SMILES string of the molecule is C[C](=O)[U](=[O])=[O]. The standard InChI is InChI=1S/C2H3O.2O.U/c1-2-3;;;/h1H3;;;. The third kappa shape index (κ3) is 2.55. The summed E-state index contributed by atoms with van der Waals surface area (Å²) < 4.78 is 18.5. The quantitative estimate of drug-likeness (QED) is 0.676. The van der Waals surface area contributed by atoms with Crippen LogP contribution in [-0.2, 0) is 9.27 Å². The van der Waals surface area contributed by atoms with E-state index < -0.39 is 28.9 Å². The molecule has 0 radical (unpaired) electrons. The van der Waals surface area contributed by atoms with Gasteiger partial charge in [-0.3, -0.25) is 0 Å². The summed E-state index contributed by atoms with van der Waals surface area (Å²) in [4.78, 5) is 9.62. The molecule has 0 aliphatic heterocycles. The van der Waals surface area contributed by atoms with E-state index >= 15 is 0 Å². The Labute approximate surface area is 45.2 Å². The molecule has 0 aromatic carbocycles. The van der Waals surface area contributed by atoms with Crippen LogP contribution in [0.5, 0.6) is 0 Å². The zero-order chi connectivity index (χ0) is 5.15. The van der Waals surface area contributed by atoms with E-state index in [0.717, 1.165) is 6.92 Å². The first-order valence-corrected chi connectivity index (χ1v) is 6.84. The molecule has 0 atom stereocenters. The van der Waals surface area contributed by atoms with Crippen LogP contribution in [0.1, 0.15) is 6.92 Å². The molecule has 0 aromatic heterocycles. The van der Waals surface area contributed by atoms with Gasteiger partial charge in [-0.25, -0.2) is 0 Å². The molecule has 0 N–H and O–H groups in total. The average molecular weight is 313 g/mol. The second-order valence-corrected chi connectivity index (χ2v) is 6.17. The second-order valence-electron chi connectivity index (χ2n) is 0.844. The maximum atomic E-state index is 9.62. The zero-order valence-electron chi connectivity index (χ0n) is 3.22. The third-order valence-electron chi connectivity index (χ3n) is 0.287. The molecule has 0 amide bonds. The Morgan fingerprint density at radius 2 is 1.67 bits per heavy atom. The van der Waals surface area contributed by atoms with E-state index in [4.69, 9.17) is 0 Å². The van der Waals surface area contributed by atoms with Crippen LogP contribution in [0.25, 0.3) is 0 Å². The van der Waals surface area contributed by atoms with Crippen LogP contribution < -0.4 is 0 Å². The third-order valence-corrected chi connectivity index (χ3v) is 2.68. The van der Waals surface area contributed by atoms with Gasteiger partial charge in [0.15, 0.2) is 0 Å². The molecule has 0 saturated heterocycles. The van der Waals surface area contributed by atoms with Crippen LogP contribution >= 0.6 is 0 Å². The molecule has 3 nitrogen and oxygen atoms in total. The first-order chi connectivity index (χ1) is 2.64. The van der Waals surface area contributed by atoms with Crippen molar-refractivity contribution in [2.75, 3.05) is 0 Å². The van der Waals surface area contributed by atoms with Gasteiger partial charge in [-0.1, -0.05) is 0 Å². The van der Waals surface area contributed by atoms with Gasteiger partial charge in [-0.05, 0) is 0 Å². The Morgan fingerprint density at radius 1 is 1.50 bits per heavy atom. The molecule has 0 aliphatic rings. The minimum atomic E-state index is -4.04. The van der Waals surface area contributed by atoms with Crippen molar-refractivity contribution in [3.8, 4) is 0 Å². The van der Waals surface area contributed by atoms with E-state index in [-0.39, 0.29) is 0 Å². The number of carbonyl (C=O) groups excluding carboxylic acids is 1. The van der Waals surface area contributed by atoms with Gasteiger partial charge in [-0.15, -0.1) is 0 Å². The predicted molar refractivity (Wildman–Crippen MR) is 12.1 cm³/mol. The first-order valence-electron chi connectivity index (χ1n) is 1.36. The van der Waals surface area contributed by atoms with Crippen molar-refractivity contribution in [3.63, 3.8) is 0 Å². The summed E-state index contributed by atoms with van der Waals surface area (Å²) in [6.07, 6.45) is 0. The van der Waals surface area contributed by atoms with Crippen LogP contribution in [0, 0.1) is 26.1 Å². The van der Waals surface area contributed by atoms with E-state index in [9.17, 15) is 9.27 Å². The van der Waals surface area contributed by atoms with Gasteiger partial charge < -0.3 is 0 Å². The fourth-order valence-electron chi connectivity index (χ4n) is 0. The average Bonchev–Trinajstić information content (AvgIpc) is 1.36. The summed E-state index contributed by atoms with van der Waals surface area (Å²) in [7, 11) is 0. The molecular formula is C2H3O3U. The Bertz CT molecular complexity index is 115. The first kappa shape index (κ1) is 6.32. The fraction of sp³-hybridized carbons (Fsp3) is 0.500. The van der Waals surface area contributed by atoms with E-state index in [1.165, 1.54) is 0 Å². The number of hydrogen-bond donors (Lipinski definition) is 0. The van der Waals surface area contributed by atoms with Gasteiger partial charge in [0.05, 0.1) is 0 Å². The molecule has 0 unspecified atom stereocenters. The Balaban J connectivity index is 3.94. The molecule has 0 aliphatic carbocycles. The van der Waals surface area contributed by atoms with E-state index in [0.29, 0.717) is 0 Å². The second kappa shape index (κ2) is 2.49. The Kier molecular flexibility index (Phi) is 2.62. The molecule has 0 fully saturated rings. The molecule has 0 bridgehead atoms. The summed E-state index contributed by atoms with van der Waals surface area (Å²) in [5.74, 6) is 0. The van der Waals surface area contributed by atoms with Crippen molar-refractivity contribution in [3.05, 3.63) is 0 Å². The molecule has 0 saturated carbocycles. The molecule has 0 rings (SSSR count). The number of carbonyl (C=O) groups is 1. The van der Waals surface area contributed by atoms with Crippen molar-refractivity contribution in [1.29, 1.82) is 0 Å². The van der Waals surface area contributed by atoms with Crippen LogP contribution in [0.15, 0.2) is 0 Å². The van der Waals surface area contributed by atoms with Crippen molar-refractivity contribution < 1.29 is 35.4 Å². The van der Waals surface area contributed by atoms with Gasteiger partial charge in [0.1, 0.15) is 0 Å². The molecule has 0 heterocycles. The van der Waals surface area contributed by atoms with Crippen molar-refractivity contribution in [2.45, 2.75) is 6.92 Å². The van der Waals surface area contributed by atoms with E-state index in [1.54, 1.807) is 0 Å². The summed E-state index contributed by atoms with van der Waals surface area (Å²) in [6.45, 7) is 1.08. The molecule has 0 spiro atoms. The van der Waals surface area contributed by atoms with Crippen LogP contribution in [-0.4, -0.2) is 2.82 Å². The molecule has 6 heavy (non-hydrogen) atoms. The molecular weight excluding hydrogens is 310 g/mol. The Hall–Kier alpha value is 0.322. The van der Waals surface area contributed by atoms with Crippen molar-refractivity contribution >= 4 is 2.82 Å². The molecule has 0 aromatic rings. The number of hydrogen-bond acceptors (Lipinski definition) is 3. The topological polar surface area (TPSA) is 51.2 Å². The summed E-state index contributed by atoms with van der Waals surface area (Å²) in [6, 6.07) is 0. The van der Waals surface area contributed by atoms with Gasteiger partial charge in [0.2, 0.25) is 0 Å². The van der Waals surface area contributed by atoms with Gasteiger partial charge in [0, 0.05) is 0 Å².